The molecular formula is C21H20Cl2N4O. The summed E-state index contributed by atoms with van der Waals surface area (Å²) in [6, 6.07) is 7.54. The van der Waals surface area contributed by atoms with E-state index in [9.17, 15) is 10.1 Å². The van der Waals surface area contributed by atoms with Gasteiger partial charge in [-0.25, -0.2) is 0 Å². The number of aryl methyl sites for hydroxylation is 1. The van der Waals surface area contributed by atoms with Gasteiger partial charge in [0.25, 0.3) is 5.91 Å². The van der Waals surface area contributed by atoms with E-state index >= 15 is 0 Å². The van der Waals surface area contributed by atoms with Crippen LogP contribution in [0, 0.1) is 24.2 Å². The number of hydrogen-bond donors (Lipinski definition) is 1. The quantitative estimate of drug-likeness (QED) is 0.802. The van der Waals surface area contributed by atoms with Gasteiger partial charge in [-0.15, -0.1) is 0 Å². The molecule has 1 amide bonds. The van der Waals surface area contributed by atoms with Crippen LogP contribution in [0.1, 0.15) is 46.6 Å². The molecule has 1 aliphatic heterocycles. The Morgan fingerprint density at radius 3 is 2.79 bits per heavy atom. The normalized spacial score (nSPS) is 21.1. The van der Waals surface area contributed by atoms with Gasteiger partial charge in [0.1, 0.15) is 0 Å². The van der Waals surface area contributed by atoms with Crippen LogP contribution in [0.15, 0.2) is 18.2 Å². The molecule has 4 rings (SSSR count). The average Bonchev–Trinajstić information content (AvgIpc) is 3.25. The monoisotopic (exact) mass is 414 g/mol. The van der Waals surface area contributed by atoms with Crippen LogP contribution in [-0.2, 0) is 13.1 Å². The first-order valence-corrected chi connectivity index (χ1v) is 10.1. The number of nitrogens with two attached hydrogens (primary N) is 1. The molecular weight excluding hydrogens is 395 g/mol. The van der Waals surface area contributed by atoms with E-state index in [0.717, 1.165) is 47.3 Å². The van der Waals surface area contributed by atoms with Gasteiger partial charge in [0, 0.05) is 39.5 Å². The van der Waals surface area contributed by atoms with Gasteiger partial charge in [0.05, 0.1) is 29.8 Å². The van der Waals surface area contributed by atoms with Crippen LogP contribution < -0.4 is 5.73 Å². The zero-order chi connectivity index (χ0) is 20.0. The minimum Gasteiger partial charge on any atom is -0.328 e. The van der Waals surface area contributed by atoms with Crippen molar-refractivity contribution in [3.63, 3.8) is 0 Å². The average molecular weight is 415 g/mol. The molecule has 2 atom stereocenters. The summed E-state index contributed by atoms with van der Waals surface area (Å²) in [6.45, 7) is 2.56. The van der Waals surface area contributed by atoms with Crippen molar-refractivity contribution in [2.75, 3.05) is 0 Å². The van der Waals surface area contributed by atoms with Crippen LogP contribution in [0.4, 0.5) is 0 Å². The van der Waals surface area contributed by atoms with Gasteiger partial charge < -0.3 is 10.6 Å². The maximum absolute atomic E-state index is 13.5. The fourth-order valence-electron chi connectivity index (χ4n) is 4.49. The van der Waals surface area contributed by atoms with Gasteiger partial charge in [-0.3, -0.25) is 9.78 Å². The highest BCUT2D eigenvalue weighted by Gasteiger charge is 2.42. The molecule has 0 saturated heterocycles. The first kappa shape index (κ1) is 19.2. The predicted octanol–water partition coefficient (Wildman–Crippen LogP) is 4.47. The second kappa shape index (κ2) is 7.36. The lowest BCUT2D eigenvalue weighted by molar-refractivity contribution is 0.0683. The molecule has 1 fully saturated rings. The number of amides is 1. The van der Waals surface area contributed by atoms with E-state index in [2.05, 4.69) is 11.1 Å². The van der Waals surface area contributed by atoms with Crippen molar-refractivity contribution in [1.29, 1.82) is 5.26 Å². The smallest absolute Gasteiger partial charge is 0.257 e. The van der Waals surface area contributed by atoms with E-state index in [1.165, 1.54) is 0 Å². The van der Waals surface area contributed by atoms with E-state index in [1.807, 2.05) is 17.9 Å². The highest BCUT2D eigenvalue weighted by molar-refractivity contribution is 6.36. The third-order valence-electron chi connectivity index (χ3n) is 5.82. The Kier molecular flexibility index (Phi) is 5.05. The van der Waals surface area contributed by atoms with Crippen molar-refractivity contribution in [3.8, 4) is 17.2 Å². The van der Waals surface area contributed by atoms with E-state index in [4.69, 9.17) is 28.9 Å². The Balaban J connectivity index is 1.89. The van der Waals surface area contributed by atoms with Crippen LogP contribution in [0.25, 0.3) is 11.1 Å². The van der Waals surface area contributed by atoms with E-state index in [1.54, 1.807) is 12.1 Å². The van der Waals surface area contributed by atoms with Crippen LogP contribution >= 0.6 is 23.2 Å². The summed E-state index contributed by atoms with van der Waals surface area (Å²) in [6.07, 6.45) is 2.63. The van der Waals surface area contributed by atoms with Crippen LogP contribution in [-0.4, -0.2) is 21.8 Å². The number of carbonyl (C=O) groups is 1. The molecule has 5 nitrogen and oxygen atoms in total. The Morgan fingerprint density at radius 1 is 1.32 bits per heavy atom. The zero-order valence-electron chi connectivity index (χ0n) is 15.5. The molecule has 2 aromatic rings. The largest absolute Gasteiger partial charge is 0.328 e. The summed E-state index contributed by atoms with van der Waals surface area (Å²) in [7, 11) is 0. The molecule has 2 N–H and O–H groups in total. The molecule has 0 spiro atoms. The minimum absolute atomic E-state index is 0.0677. The van der Waals surface area contributed by atoms with Crippen molar-refractivity contribution < 1.29 is 4.79 Å². The Morgan fingerprint density at radius 2 is 2.11 bits per heavy atom. The molecule has 0 bridgehead atoms. The Hall–Kier alpha value is -2.13. The molecule has 0 radical (unpaired) electrons. The van der Waals surface area contributed by atoms with Gasteiger partial charge in [-0.1, -0.05) is 29.3 Å². The lowest BCUT2D eigenvalue weighted by Crippen LogP contribution is -2.37. The fourth-order valence-corrected chi connectivity index (χ4v) is 5.00. The van der Waals surface area contributed by atoms with Crippen LogP contribution in [0.2, 0.25) is 10.0 Å². The molecule has 1 aromatic heterocycles. The number of hydrogen-bond acceptors (Lipinski definition) is 4. The number of fused-ring (bicyclic) bond motifs is 1. The summed E-state index contributed by atoms with van der Waals surface area (Å²) in [5, 5.41) is 10.5. The second-order valence-corrected chi connectivity index (χ2v) is 8.21. The molecule has 144 valence electrons. The van der Waals surface area contributed by atoms with Crippen LogP contribution in [0.3, 0.4) is 0 Å². The summed E-state index contributed by atoms with van der Waals surface area (Å²) >= 11 is 12.6. The maximum Gasteiger partial charge on any atom is 0.257 e. The first-order chi connectivity index (χ1) is 13.5. The second-order valence-electron chi connectivity index (χ2n) is 7.37. The highest BCUT2D eigenvalue weighted by Crippen LogP contribution is 2.42. The number of pyridine rings is 1. The van der Waals surface area contributed by atoms with Crippen molar-refractivity contribution in [2.45, 2.75) is 45.3 Å². The maximum atomic E-state index is 13.5. The summed E-state index contributed by atoms with van der Waals surface area (Å²) < 4.78 is 0. The SMILES string of the molecule is Cc1nc2c(c(-c3ccc(Cl)cc3Cl)c1CN)C(=O)N(C1CCC[C@H]1C#N)C2. The summed E-state index contributed by atoms with van der Waals surface area (Å²) in [5.41, 5.74) is 10.4. The molecule has 2 heterocycles. The molecule has 1 saturated carbocycles. The molecule has 1 aliphatic carbocycles. The highest BCUT2D eigenvalue weighted by atomic mass is 35.5. The van der Waals surface area contributed by atoms with E-state index in [-0.39, 0.29) is 24.4 Å². The number of rotatable bonds is 3. The number of halogens is 2. The van der Waals surface area contributed by atoms with Gasteiger partial charge in [-0.2, -0.15) is 5.26 Å². The molecule has 2 aliphatic rings. The van der Waals surface area contributed by atoms with Crippen LogP contribution in [0.5, 0.6) is 0 Å². The zero-order valence-corrected chi connectivity index (χ0v) is 17.0. The van der Waals surface area contributed by atoms with Crippen molar-refractivity contribution >= 4 is 29.1 Å². The van der Waals surface area contributed by atoms with Gasteiger partial charge in [0.2, 0.25) is 0 Å². The van der Waals surface area contributed by atoms with Gasteiger partial charge in [-0.05, 0) is 43.9 Å². The number of nitrogens with zero attached hydrogens (tertiary/aromatic N) is 3. The predicted molar refractivity (Wildman–Crippen MR) is 109 cm³/mol. The first-order valence-electron chi connectivity index (χ1n) is 9.34. The number of carbonyl (C=O) groups excluding carboxylic acids is 1. The van der Waals surface area contributed by atoms with E-state index < -0.39 is 0 Å². The van der Waals surface area contributed by atoms with Crippen molar-refractivity contribution in [3.05, 3.63) is 50.8 Å². The Labute approximate surface area is 174 Å². The number of nitriles is 1. The summed E-state index contributed by atoms with van der Waals surface area (Å²) in [5.74, 6) is -0.221. The molecule has 7 heteroatoms. The van der Waals surface area contributed by atoms with E-state index in [0.29, 0.717) is 22.2 Å². The minimum atomic E-state index is -0.129. The fraction of sp³-hybridized carbons (Fsp3) is 0.381. The third kappa shape index (κ3) is 2.97. The molecule has 1 aromatic carbocycles. The van der Waals surface area contributed by atoms with Gasteiger partial charge in [0.15, 0.2) is 0 Å². The molecule has 28 heavy (non-hydrogen) atoms. The lowest BCUT2D eigenvalue weighted by atomic mass is 9.93. The standard InChI is InChI=1S/C21H20Cl2N4O/c1-11-15(9-25)19(14-6-5-13(22)7-16(14)23)20-17(26-11)10-27(21(20)28)18-4-2-3-12(18)8-24/h5-7,12,18H,2-4,9-10,25H2,1H3/t12-,18?/m0/s1. The van der Waals surface area contributed by atoms with Gasteiger partial charge >= 0.3 is 0 Å². The van der Waals surface area contributed by atoms with Crippen molar-refractivity contribution in [1.82, 2.24) is 9.88 Å². The summed E-state index contributed by atoms with van der Waals surface area (Å²) in [4.78, 5) is 20.0. The lowest BCUT2D eigenvalue weighted by Gasteiger charge is -2.26. The van der Waals surface area contributed by atoms with Crippen molar-refractivity contribution in [2.24, 2.45) is 11.7 Å². The third-order valence-corrected chi connectivity index (χ3v) is 6.37. The molecule has 1 unspecified atom stereocenters. The topological polar surface area (TPSA) is 83.0 Å². The number of benzene rings is 1. The Bertz CT molecular complexity index is 1010. The number of aromatic nitrogens is 1.